The summed E-state index contributed by atoms with van der Waals surface area (Å²) in [5.41, 5.74) is 3.42. The largest absolute Gasteiger partial charge is 0.491 e. The number of ether oxygens (including phenoxy) is 1. The second kappa shape index (κ2) is 10.2. The van der Waals surface area contributed by atoms with E-state index in [-0.39, 0.29) is 22.9 Å². The number of nitrogens with one attached hydrogen (secondary N) is 1. The number of sulfone groups is 1. The maximum atomic E-state index is 13.2. The lowest BCUT2D eigenvalue weighted by molar-refractivity contribution is 0.0915. The van der Waals surface area contributed by atoms with E-state index in [4.69, 9.17) is 4.74 Å². The molecule has 186 valence electrons. The summed E-state index contributed by atoms with van der Waals surface area (Å²) in [7, 11) is -3.65. The van der Waals surface area contributed by atoms with E-state index in [2.05, 4.69) is 21.9 Å². The third-order valence-corrected chi connectivity index (χ3v) is 9.21. The summed E-state index contributed by atoms with van der Waals surface area (Å²) in [6.45, 7) is 4.11. The van der Waals surface area contributed by atoms with Crippen LogP contribution in [0.4, 0.5) is 0 Å². The highest BCUT2D eigenvalue weighted by Gasteiger charge is 2.35. The third kappa shape index (κ3) is 4.78. The first-order valence-corrected chi connectivity index (χ1v) is 13.8. The number of benzene rings is 1. The van der Waals surface area contributed by atoms with Crippen LogP contribution in [0.5, 0.6) is 5.75 Å². The lowest BCUT2D eigenvalue weighted by Gasteiger charge is -2.28. The molecule has 0 spiro atoms. The lowest BCUT2D eigenvalue weighted by atomic mass is 9.93. The quantitative estimate of drug-likeness (QED) is 0.480. The normalized spacial score (nSPS) is 18.6. The van der Waals surface area contributed by atoms with E-state index in [1.165, 1.54) is 24.4 Å². The third-order valence-electron chi connectivity index (χ3n) is 7.10. The zero-order valence-electron chi connectivity index (χ0n) is 20.0. The van der Waals surface area contributed by atoms with Gasteiger partial charge in [-0.2, -0.15) is 0 Å². The molecule has 2 aliphatic rings. The maximum Gasteiger partial charge on any atom is 0.253 e. The van der Waals surface area contributed by atoms with Gasteiger partial charge in [-0.25, -0.2) is 13.4 Å². The van der Waals surface area contributed by atoms with Crippen molar-refractivity contribution in [3.05, 3.63) is 84.8 Å². The van der Waals surface area contributed by atoms with E-state index in [9.17, 15) is 13.2 Å². The second-order valence-corrected chi connectivity index (χ2v) is 11.4. The van der Waals surface area contributed by atoms with Crippen molar-refractivity contribution >= 4 is 15.7 Å². The fourth-order valence-corrected chi connectivity index (χ4v) is 7.02. The van der Waals surface area contributed by atoms with Gasteiger partial charge >= 0.3 is 0 Å². The minimum absolute atomic E-state index is 0.0206. The Morgan fingerprint density at radius 1 is 1.11 bits per heavy atom. The molecule has 1 aliphatic carbocycles. The molecule has 3 aromatic rings. The number of rotatable bonds is 7. The molecule has 1 aromatic carbocycles. The van der Waals surface area contributed by atoms with Crippen LogP contribution in [0.25, 0.3) is 11.1 Å². The van der Waals surface area contributed by atoms with Crippen LogP contribution in [0.1, 0.15) is 41.6 Å². The van der Waals surface area contributed by atoms with Gasteiger partial charge in [0.2, 0.25) is 9.84 Å². The van der Waals surface area contributed by atoms with Crippen molar-refractivity contribution in [1.82, 2.24) is 15.3 Å². The molecule has 5 rings (SSSR count). The number of carbonyl (C=O) groups is 1. The molecule has 1 aliphatic heterocycles. The lowest BCUT2D eigenvalue weighted by Crippen LogP contribution is -2.43. The van der Waals surface area contributed by atoms with E-state index in [0.29, 0.717) is 18.6 Å². The molecule has 2 atom stereocenters. The smallest absolute Gasteiger partial charge is 0.253 e. The zero-order chi connectivity index (χ0) is 25.1. The summed E-state index contributed by atoms with van der Waals surface area (Å²) in [5, 5.41) is 2.34. The number of hydrogen-bond donors (Lipinski definition) is 1. The molecule has 1 amide bonds. The summed E-state index contributed by atoms with van der Waals surface area (Å²) in [6.07, 6.45) is 10.8. The van der Waals surface area contributed by atoms with Gasteiger partial charge in [0.05, 0.1) is 16.9 Å². The SMILES string of the molecule is C=CC(C1CCCC1)S(=O)(=O)c1ccc(C(=O)N[C@@H]2COc3cccc(-c4ccncc4)c3C2)cn1. The maximum absolute atomic E-state index is 13.2. The van der Waals surface area contributed by atoms with Crippen LogP contribution in [0, 0.1) is 5.92 Å². The standard InChI is InChI=1S/C28H29N3O4S/c1-2-26(20-6-3-4-7-20)36(33,34)27-11-10-21(17-30-27)28(32)31-22-16-24-23(19-12-14-29-15-13-19)8-5-9-25(24)35-18-22/h2,5,8-15,17,20,22,26H,1,3-4,6-7,16,18H2,(H,31,32)/t22-,26?/m0/s1. The minimum Gasteiger partial charge on any atom is -0.491 e. The number of carbonyl (C=O) groups excluding carboxylic acids is 1. The van der Waals surface area contributed by atoms with Crippen molar-refractivity contribution in [1.29, 1.82) is 0 Å². The Kier molecular flexibility index (Phi) is 6.87. The average Bonchev–Trinajstić information content (AvgIpc) is 3.43. The zero-order valence-corrected chi connectivity index (χ0v) is 20.8. The topological polar surface area (TPSA) is 98.2 Å². The predicted molar refractivity (Wildman–Crippen MR) is 137 cm³/mol. The Morgan fingerprint density at radius 2 is 1.89 bits per heavy atom. The summed E-state index contributed by atoms with van der Waals surface area (Å²) < 4.78 is 32.3. The predicted octanol–water partition coefficient (Wildman–Crippen LogP) is 4.40. The Hall–Kier alpha value is -3.52. The molecule has 1 fully saturated rings. The first kappa shape index (κ1) is 24.2. The molecule has 36 heavy (non-hydrogen) atoms. The Balaban J connectivity index is 1.29. The molecule has 2 aromatic heterocycles. The van der Waals surface area contributed by atoms with Gasteiger partial charge in [0.15, 0.2) is 5.03 Å². The molecular formula is C28H29N3O4S. The van der Waals surface area contributed by atoms with Crippen LogP contribution in [-0.4, -0.2) is 42.2 Å². The highest BCUT2D eigenvalue weighted by molar-refractivity contribution is 7.92. The van der Waals surface area contributed by atoms with Gasteiger partial charge in [-0.1, -0.05) is 31.1 Å². The van der Waals surface area contributed by atoms with Crippen molar-refractivity contribution < 1.29 is 17.9 Å². The van der Waals surface area contributed by atoms with Gasteiger partial charge in [-0.05, 0) is 60.2 Å². The summed E-state index contributed by atoms with van der Waals surface area (Å²) in [4.78, 5) is 21.2. The molecular weight excluding hydrogens is 474 g/mol. The van der Waals surface area contributed by atoms with Gasteiger partial charge in [0, 0.05) is 30.6 Å². The van der Waals surface area contributed by atoms with Crippen LogP contribution in [-0.2, 0) is 16.3 Å². The molecule has 7 nitrogen and oxygen atoms in total. The molecule has 1 unspecified atom stereocenters. The number of pyridine rings is 2. The summed E-state index contributed by atoms with van der Waals surface area (Å²) >= 11 is 0. The monoisotopic (exact) mass is 503 g/mol. The number of hydrogen-bond acceptors (Lipinski definition) is 6. The van der Waals surface area contributed by atoms with Gasteiger partial charge in [-0.15, -0.1) is 6.58 Å². The van der Waals surface area contributed by atoms with Crippen LogP contribution in [0.15, 0.2) is 78.7 Å². The minimum atomic E-state index is -3.65. The van der Waals surface area contributed by atoms with Gasteiger partial charge in [0.25, 0.3) is 5.91 Å². The van der Waals surface area contributed by atoms with Gasteiger partial charge < -0.3 is 10.1 Å². The fraction of sp³-hybridized carbons (Fsp3) is 0.321. The van der Waals surface area contributed by atoms with E-state index in [0.717, 1.165) is 48.1 Å². The van der Waals surface area contributed by atoms with E-state index in [1.54, 1.807) is 12.4 Å². The van der Waals surface area contributed by atoms with E-state index in [1.807, 2.05) is 30.3 Å². The second-order valence-electron chi connectivity index (χ2n) is 9.38. The fourth-order valence-electron chi connectivity index (χ4n) is 5.25. The van der Waals surface area contributed by atoms with Gasteiger partial charge in [-0.3, -0.25) is 9.78 Å². The highest BCUT2D eigenvalue weighted by atomic mass is 32.2. The average molecular weight is 504 g/mol. The number of fused-ring (bicyclic) bond motifs is 1. The number of amides is 1. The Bertz CT molecular complexity index is 1350. The van der Waals surface area contributed by atoms with Crippen LogP contribution >= 0.6 is 0 Å². The van der Waals surface area contributed by atoms with Crippen LogP contribution in [0.3, 0.4) is 0 Å². The first-order valence-electron chi connectivity index (χ1n) is 12.3. The Morgan fingerprint density at radius 3 is 2.58 bits per heavy atom. The van der Waals surface area contributed by atoms with Crippen molar-refractivity contribution in [2.45, 2.75) is 48.4 Å². The molecule has 1 saturated carbocycles. The van der Waals surface area contributed by atoms with Crippen LogP contribution < -0.4 is 10.1 Å². The number of aromatic nitrogens is 2. The highest BCUT2D eigenvalue weighted by Crippen LogP contribution is 2.35. The summed E-state index contributed by atoms with van der Waals surface area (Å²) in [5.74, 6) is 0.564. The molecule has 3 heterocycles. The van der Waals surface area contributed by atoms with E-state index < -0.39 is 15.1 Å². The number of nitrogens with zero attached hydrogens (tertiary/aromatic N) is 2. The molecule has 0 saturated heterocycles. The summed E-state index contributed by atoms with van der Waals surface area (Å²) in [6, 6.07) is 12.5. The molecule has 0 radical (unpaired) electrons. The van der Waals surface area contributed by atoms with Gasteiger partial charge in [0.1, 0.15) is 12.4 Å². The molecule has 1 N–H and O–H groups in total. The van der Waals surface area contributed by atoms with Crippen molar-refractivity contribution in [3.63, 3.8) is 0 Å². The molecule has 8 heteroatoms. The molecule has 0 bridgehead atoms. The van der Waals surface area contributed by atoms with Crippen molar-refractivity contribution in [2.24, 2.45) is 5.92 Å². The Labute approximate surface area is 211 Å². The van der Waals surface area contributed by atoms with Crippen LogP contribution in [0.2, 0.25) is 0 Å². The van der Waals surface area contributed by atoms with Crippen molar-refractivity contribution in [2.75, 3.05) is 6.61 Å². The van der Waals surface area contributed by atoms with E-state index >= 15 is 0 Å². The van der Waals surface area contributed by atoms with Crippen molar-refractivity contribution in [3.8, 4) is 16.9 Å². The first-order chi connectivity index (χ1) is 17.5.